The summed E-state index contributed by atoms with van der Waals surface area (Å²) in [6.45, 7) is 3.86. The van der Waals surface area contributed by atoms with Crippen LogP contribution in [0.4, 0.5) is 4.79 Å². The molecule has 0 aliphatic carbocycles. The van der Waals surface area contributed by atoms with Crippen LogP contribution in [0.2, 0.25) is 0 Å². The first-order chi connectivity index (χ1) is 29.2. The molecule has 1 aliphatic heterocycles. The molecule has 1 saturated heterocycles. The molecule has 5 N–H and O–H groups in total. The van der Waals surface area contributed by atoms with Crippen LogP contribution in [0.1, 0.15) is 166 Å². The van der Waals surface area contributed by atoms with E-state index >= 15 is 0 Å². The van der Waals surface area contributed by atoms with Crippen LogP contribution >= 0.6 is 0 Å². The van der Waals surface area contributed by atoms with Gasteiger partial charge < -0.3 is 35.4 Å². The predicted molar refractivity (Wildman–Crippen MR) is 238 cm³/mol. The van der Waals surface area contributed by atoms with Gasteiger partial charge in [0.25, 0.3) is 0 Å². The Kier molecular flexibility index (Phi) is 26.0. The molecular weight excluding hydrogens is 759 g/mol. The number of aliphatic hydroxyl groups is 3. The minimum absolute atomic E-state index is 0.0817. The molecule has 0 bridgehead atoms. The second-order valence-corrected chi connectivity index (χ2v) is 16.8. The fourth-order valence-corrected chi connectivity index (χ4v) is 8.15. The van der Waals surface area contributed by atoms with Crippen LogP contribution in [-0.4, -0.2) is 92.8 Å². The zero-order valence-corrected chi connectivity index (χ0v) is 37.0. The summed E-state index contributed by atoms with van der Waals surface area (Å²) in [7, 11) is 0. The second-order valence-electron chi connectivity index (χ2n) is 16.8. The third kappa shape index (κ3) is 18.3. The van der Waals surface area contributed by atoms with Gasteiger partial charge in [-0.1, -0.05) is 197 Å². The van der Waals surface area contributed by atoms with Gasteiger partial charge in [-0.3, -0.25) is 9.59 Å². The molecule has 11 nitrogen and oxygen atoms in total. The highest BCUT2D eigenvalue weighted by molar-refractivity contribution is 5.95. The van der Waals surface area contributed by atoms with E-state index in [1.54, 1.807) is 24.3 Å². The molecule has 11 heteroatoms. The lowest BCUT2D eigenvalue weighted by Crippen LogP contribution is -2.71. The van der Waals surface area contributed by atoms with Crippen molar-refractivity contribution in [3.8, 4) is 0 Å². The van der Waals surface area contributed by atoms with E-state index in [-0.39, 0.29) is 31.9 Å². The fourth-order valence-electron chi connectivity index (χ4n) is 8.15. The molecular formula is C49H79N3O8. The third-order valence-corrected chi connectivity index (χ3v) is 11.8. The smallest absolute Gasteiger partial charge is 0.417 e. The average Bonchev–Trinajstić information content (AvgIpc) is 3.26. The topological polar surface area (TPSA) is 163 Å². The Bertz CT molecular complexity index is 1430. The minimum atomic E-state index is -1.79. The predicted octanol–water partition coefficient (Wildman–Crippen LogP) is 8.98. The van der Waals surface area contributed by atoms with Gasteiger partial charge in [0.15, 0.2) is 6.23 Å². The van der Waals surface area contributed by atoms with Crippen LogP contribution in [0.3, 0.4) is 0 Å². The molecule has 0 spiro atoms. The molecule has 2 aromatic rings. The van der Waals surface area contributed by atoms with E-state index in [1.807, 2.05) is 36.4 Å². The molecule has 2 aromatic carbocycles. The van der Waals surface area contributed by atoms with Crippen molar-refractivity contribution < 1.29 is 39.2 Å². The highest BCUT2D eigenvalue weighted by Crippen LogP contribution is 2.31. The highest BCUT2D eigenvalue weighted by atomic mass is 16.6. The number of imide groups is 1. The maximum atomic E-state index is 14.5. The highest BCUT2D eigenvalue weighted by Gasteiger charge is 2.53. The summed E-state index contributed by atoms with van der Waals surface area (Å²) >= 11 is 0. The van der Waals surface area contributed by atoms with Crippen molar-refractivity contribution in [3.63, 3.8) is 0 Å². The molecule has 0 aromatic heterocycles. The Morgan fingerprint density at radius 3 is 1.63 bits per heavy atom. The van der Waals surface area contributed by atoms with E-state index in [0.717, 1.165) is 55.4 Å². The summed E-state index contributed by atoms with van der Waals surface area (Å²) in [5.74, 6) is -1.09. The van der Waals surface area contributed by atoms with Gasteiger partial charge in [0, 0.05) is 13.0 Å². The number of ether oxygens (including phenoxy) is 2. The van der Waals surface area contributed by atoms with Gasteiger partial charge in [0.2, 0.25) is 11.8 Å². The SMILES string of the molecule is CCCCCCCCCCCCCCN(C(=O)CCCCCCCCCCC)[C@@H]1O[C@H](CO)[C@@H](O)[C@H](O)[C@H]1N(C(=O)OCc1ccccc1)C(=O)[C@@H](N)Cc1ccccc1. The maximum absolute atomic E-state index is 14.5. The summed E-state index contributed by atoms with van der Waals surface area (Å²) in [5, 5.41) is 33.4. The number of nitrogens with zero attached hydrogens (tertiary/aromatic N) is 2. The van der Waals surface area contributed by atoms with Crippen LogP contribution < -0.4 is 5.73 Å². The molecule has 0 saturated carbocycles. The van der Waals surface area contributed by atoms with E-state index in [2.05, 4.69) is 13.8 Å². The lowest BCUT2D eigenvalue weighted by atomic mass is 9.92. The number of rotatable bonds is 31. The second kappa shape index (κ2) is 30.6. The van der Waals surface area contributed by atoms with Crippen LogP contribution in [0.15, 0.2) is 60.7 Å². The molecule has 6 atom stereocenters. The van der Waals surface area contributed by atoms with E-state index < -0.39 is 55.2 Å². The zero-order chi connectivity index (χ0) is 43.4. The van der Waals surface area contributed by atoms with Crippen molar-refractivity contribution in [2.24, 2.45) is 5.73 Å². The van der Waals surface area contributed by atoms with Crippen molar-refractivity contribution in [3.05, 3.63) is 71.8 Å². The third-order valence-electron chi connectivity index (χ3n) is 11.8. The summed E-state index contributed by atoms with van der Waals surface area (Å²) in [4.78, 5) is 45.3. The number of unbranched alkanes of at least 4 members (excludes halogenated alkanes) is 19. The molecule has 0 unspecified atom stereocenters. The Hall–Kier alpha value is -3.35. The number of nitrogens with two attached hydrogens (primary N) is 1. The Labute approximate surface area is 361 Å². The first-order valence-electron chi connectivity index (χ1n) is 23.5. The van der Waals surface area contributed by atoms with Crippen molar-refractivity contribution >= 4 is 17.9 Å². The molecule has 1 heterocycles. The molecule has 3 rings (SSSR count). The number of carbonyl (C=O) groups excluding carboxylic acids is 3. The number of hydrogen-bond acceptors (Lipinski definition) is 9. The summed E-state index contributed by atoms with van der Waals surface area (Å²) < 4.78 is 12.0. The van der Waals surface area contributed by atoms with Gasteiger partial charge in [-0.15, -0.1) is 0 Å². The number of aliphatic hydroxyl groups excluding tert-OH is 3. The largest absolute Gasteiger partial charge is 0.444 e. The van der Waals surface area contributed by atoms with Gasteiger partial charge in [-0.2, -0.15) is 0 Å². The van der Waals surface area contributed by atoms with E-state index in [1.165, 1.54) is 81.9 Å². The van der Waals surface area contributed by atoms with Crippen molar-refractivity contribution in [1.29, 1.82) is 0 Å². The Morgan fingerprint density at radius 2 is 1.13 bits per heavy atom. The van der Waals surface area contributed by atoms with Crippen LogP contribution in [0.5, 0.6) is 0 Å². The van der Waals surface area contributed by atoms with Crippen LogP contribution in [-0.2, 0) is 32.1 Å². The van der Waals surface area contributed by atoms with E-state index in [9.17, 15) is 29.7 Å². The molecule has 338 valence electrons. The molecule has 0 radical (unpaired) electrons. The first kappa shape index (κ1) is 51.0. The van der Waals surface area contributed by atoms with Crippen LogP contribution in [0.25, 0.3) is 0 Å². The van der Waals surface area contributed by atoms with Gasteiger partial charge in [0.1, 0.15) is 31.0 Å². The van der Waals surface area contributed by atoms with Gasteiger partial charge >= 0.3 is 6.09 Å². The summed E-state index contributed by atoms with van der Waals surface area (Å²) in [6.07, 6.45) is 16.5. The number of amides is 3. The quantitative estimate of drug-likeness (QED) is 0.0543. The lowest BCUT2D eigenvalue weighted by molar-refractivity contribution is -0.245. The standard InChI is InChI=1S/C49H79N3O8/c1-3-5-7-9-11-13-14-15-17-19-21-29-35-51(43(54)34-28-20-18-16-12-10-8-6-4-2)48-44(46(56)45(55)42(37-53)60-48)52(49(58)59-38-40-32-26-23-27-33-40)47(57)41(50)36-39-30-24-22-25-31-39/h22-27,30-33,41-42,44-46,48,53,55-56H,3-21,28-29,34-38,50H2,1-2H3/t41-,42+,44+,45+,46+,48+/m0/s1. The van der Waals surface area contributed by atoms with Gasteiger partial charge in [-0.25, -0.2) is 9.69 Å². The molecule has 3 amide bonds. The summed E-state index contributed by atoms with van der Waals surface area (Å²) in [6, 6.07) is 15.3. The van der Waals surface area contributed by atoms with E-state index in [4.69, 9.17) is 15.2 Å². The summed E-state index contributed by atoms with van der Waals surface area (Å²) in [5.41, 5.74) is 7.97. The Balaban J connectivity index is 1.85. The number of carbonyl (C=O) groups is 3. The average molecular weight is 838 g/mol. The normalized spacial score (nSPS) is 19.5. The maximum Gasteiger partial charge on any atom is 0.417 e. The molecule has 1 fully saturated rings. The molecule has 60 heavy (non-hydrogen) atoms. The van der Waals surface area contributed by atoms with Crippen molar-refractivity contribution in [2.75, 3.05) is 13.2 Å². The number of benzene rings is 2. The Morgan fingerprint density at radius 1 is 0.667 bits per heavy atom. The zero-order valence-electron chi connectivity index (χ0n) is 37.0. The fraction of sp³-hybridized carbons (Fsp3) is 0.694. The van der Waals surface area contributed by atoms with Crippen molar-refractivity contribution in [2.45, 2.75) is 205 Å². The van der Waals surface area contributed by atoms with Gasteiger partial charge in [-0.05, 0) is 30.4 Å². The number of hydrogen-bond donors (Lipinski definition) is 4. The van der Waals surface area contributed by atoms with Gasteiger partial charge in [0.05, 0.1) is 12.6 Å². The van der Waals surface area contributed by atoms with Crippen LogP contribution in [0, 0.1) is 0 Å². The lowest BCUT2D eigenvalue weighted by Gasteiger charge is -2.49. The monoisotopic (exact) mass is 838 g/mol. The van der Waals surface area contributed by atoms with Crippen molar-refractivity contribution in [1.82, 2.24) is 9.80 Å². The first-order valence-corrected chi connectivity index (χ1v) is 23.5. The molecule has 1 aliphatic rings. The minimum Gasteiger partial charge on any atom is -0.444 e. The van der Waals surface area contributed by atoms with E-state index in [0.29, 0.717) is 18.4 Å².